The van der Waals surface area contributed by atoms with Gasteiger partial charge in [0.15, 0.2) is 5.75 Å². The minimum absolute atomic E-state index is 0.144. The standard InChI is InChI=1S/C18H17NO3S/c1-2-5-14-9-11-16(12-10-14)23(20,21)22-17-8-3-6-15-7-4-13-19-18(15)17/h3-4,6-13H,2,5H2,1H3. The van der Waals surface area contributed by atoms with Crippen molar-refractivity contribution in [2.45, 2.75) is 24.7 Å². The van der Waals surface area contributed by atoms with E-state index in [1.165, 1.54) is 0 Å². The number of fused-ring (bicyclic) bond motifs is 1. The number of aromatic nitrogens is 1. The Hall–Kier alpha value is -2.40. The molecule has 0 unspecified atom stereocenters. The first-order valence-corrected chi connectivity index (χ1v) is 8.88. The van der Waals surface area contributed by atoms with Gasteiger partial charge in [-0.25, -0.2) is 0 Å². The fourth-order valence-electron chi connectivity index (χ4n) is 2.42. The summed E-state index contributed by atoms with van der Waals surface area (Å²) in [7, 11) is -3.88. The molecule has 0 radical (unpaired) electrons. The minimum atomic E-state index is -3.88. The highest BCUT2D eigenvalue weighted by atomic mass is 32.2. The lowest BCUT2D eigenvalue weighted by Crippen LogP contribution is -2.10. The Morgan fingerprint density at radius 1 is 1.00 bits per heavy atom. The summed E-state index contributed by atoms with van der Waals surface area (Å²) in [5.74, 6) is 0.237. The van der Waals surface area contributed by atoms with Gasteiger partial charge in [-0.1, -0.05) is 43.7 Å². The van der Waals surface area contributed by atoms with Crippen molar-refractivity contribution in [3.8, 4) is 5.75 Å². The first-order valence-electron chi connectivity index (χ1n) is 7.47. The van der Waals surface area contributed by atoms with Crippen LogP contribution in [0.3, 0.4) is 0 Å². The maximum Gasteiger partial charge on any atom is 0.339 e. The third-order valence-electron chi connectivity index (χ3n) is 3.55. The van der Waals surface area contributed by atoms with Crippen LogP contribution in [0, 0.1) is 0 Å². The molecule has 0 N–H and O–H groups in total. The van der Waals surface area contributed by atoms with E-state index in [1.54, 1.807) is 36.5 Å². The van der Waals surface area contributed by atoms with Gasteiger partial charge in [-0.3, -0.25) is 4.98 Å². The molecule has 23 heavy (non-hydrogen) atoms. The van der Waals surface area contributed by atoms with E-state index in [2.05, 4.69) is 11.9 Å². The molecule has 0 aliphatic rings. The number of hydrogen-bond donors (Lipinski definition) is 0. The van der Waals surface area contributed by atoms with Gasteiger partial charge in [0.1, 0.15) is 10.4 Å². The second kappa shape index (κ2) is 6.38. The lowest BCUT2D eigenvalue weighted by Gasteiger charge is -2.09. The molecule has 4 nitrogen and oxygen atoms in total. The van der Waals surface area contributed by atoms with Crippen LogP contribution in [0.15, 0.2) is 65.7 Å². The molecule has 0 fully saturated rings. The first-order chi connectivity index (χ1) is 11.1. The number of hydrogen-bond acceptors (Lipinski definition) is 4. The Morgan fingerprint density at radius 3 is 2.48 bits per heavy atom. The zero-order chi connectivity index (χ0) is 16.3. The van der Waals surface area contributed by atoms with E-state index < -0.39 is 10.1 Å². The zero-order valence-electron chi connectivity index (χ0n) is 12.8. The topological polar surface area (TPSA) is 56.3 Å². The molecule has 5 heteroatoms. The van der Waals surface area contributed by atoms with E-state index in [0.29, 0.717) is 5.52 Å². The summed E-state index contributed by atoms with van der Waals surface area (Å²) in [5.41, 5.74) is 1.64. The van der Waals surface area contributed by atoms with Crippen LogP contribution in [-0.4, -0.2) is 13.4 Å². The van der Waals surface area contributed by atoms with Crippen molar-refractivity contribution in [1.82, 2.24) is 4.98 Å². The van der Waals surface area contributed by atoms with E-state index in [1.807, 2.05) is 24.3 Å². The monoisotopic (exact) mass is 327 g/mol. The van der Waals surface area contributed by atoms with Gasteiger partial charge in [-0.2, -0.15) is 8.42 Å². The van der Waals surface area contributed by atoms with Crippen LogP contribution in [0.4, 0.5) is 0 Å². The predicted molar refractivity (Wildman–Crippen MR) is 90.0 cm³/mol. The number of para-hydroxylation sites is 1. The van der Waals surface area contributed by atoms with Crippen LogP contribution in [0.25, 0.3) is 10.9 Å². The molecule has 3 rings (SSSR count). The number of benzene rings is 2. The SMILES string of the molecule is CCCc1ccc(S(=O)(=O)Oc2cccc3cccnc23)cc1. The molecule has 3 aromatic rings. The highest BCUT2D eigenvalue weighted by molar-refractivity contribution is 7.87. The Labute approximate surface area is 135 Å². The van der Waals surface area contributed by atoms with Gasteiger partial charge in [-0.05, 0) is 36.2 Å². The summed E-state index contributed by atoms with van der Waals surface area (Å²) < 4.78 is 30.2. The Morgan fingerprint density at radius 2 is 1.74 bits per heavy atom. The molecular formula is C18H17NO3S. The molecule has 0 atom stereocenters. The summed E-state index contributed by atoms with van der Waals surface area (Å²) in [5, 5.41) is 0.832. The summed E-state index contributed by atoms with van der Waals surface area (Å²) in [6.07, 6.45) is 3.56. The lowest BCUT2D eigenvalue weighted by molar-refractivity contribution is 0.488. The van der Waals surface area contributed by atoms with Crippen LogP contribution in [-0.2, 0) is 16.5 Å². The van der Waals surface area contributed by atoms with Gasteiger partial charge in [-0.15, -0.1) is 0 Å². The van der Waals surface area contributed by atoms with Gasteiger partial charge in [0.05, 0.1) is 0 Å². The lowest BCUT2D eigenvalue weighted by atomic mass is 10.1. The van der Waals surface area contributed by atoms with E-state index >= 15 is 0 Å². The summed E-state index contributed by atoms with van der Waals surface area (Å²) in [6, 6.07) is 15.7. The quantitative estimate of drug-likeness (QED) is 0.666. The average Bonchev–Trinajstić information content (AvgIpc) is 2.56. The molecule has 2 aromatic carbocycles. The number of aryl methyl sites for hydroxylation is 1. The summed E-state index contributed by atoms with van der Waals surface area (Å²) in [6.45, 7) is 2.08. The Balaban J connectivity index is 1.93. The molecule has 0 saturated carbocycles. The van der Waals surface area contributed by atoms with Gasteiger partial charge in [0, 0.05) is 11.6 Å². The maximum absolute atomic E-state index is 12.5. The van der Waals surface area contributed by atoms with E-state index in [9.17, 15) is 8.42 Å². The van der Waals surface area contributed by atoms with Gasteiger partial charge < -0.3 is 4.18 Å². The Bertz CT molecular complexity index is 913. The van der Waals surface area contributed by atoms with Crippen LogP contribution in [0.5, 0.6) is 5.75 Å². The van der Waals surface area contributed by atoms with Crippen molar-refractivity contribution in [3.63, 3.8) is 0 Å². The molecular weight excluding hydrogens is 310 g/mol. The van der Waals surface area contributed by atoms with Crippen LogP contribution < -0.4 is 4.18 Å². The average molecular weight is 327 g/mol. The second-order valence-corrected chi connectivity index (χ2v) is 6.81. The summed E-state index contributed by atoms with van der Waals surface area (Å²) in [4.78, 5) is 4.35. The highest BCUT2D eigenvalue weighted by Gasteiger charge is 2.18. The molecule has 0 bridgehead atoms. The van der Waals surface area contributed by atoms with Gasteiger partial charge in [0.25, 0.3) is 0 Å². The fourth-order valence-corrected chi connectivity index (χ4v) is 3.36. The smallest absolute Gasteiger partial charge is 0.339 e. The summed E-state index contributed by atoms with van der Waals surface area (Å²) >= 11 is 0. The number of rotatable bonds is 5. The first kappa shape index (κ1) is 15.5. The highest BCUT2D eigenvalue weighted by Crippen LogP contribution is 2.26. The van der Waals surface area contributed by atoms with E-state index in [4.69, 9.17) is 4.18 Å². The van der Waals surface area contributed by atoms with E-state index in [-0.39, 0.29) is 10.6 Å². The van der Waals surface area contributed by atoms with Crippen molar-refractivity contribution in [2.75, 3.05) is 0 Å². The normalized spacial score (nSPS) is 11.5. The van der Waals surface area contributed by atoms with Crippen LogP contribution in [0.2, 0.25) is 0 Å². The van der Waals surface area contributed by atoms with Crippen LogP contribution >= 0.6 is 0 Å². The molecule has 1 heterocycles. The third kappa shape index (κ3) is 3.35. The van der Waals surface area contributed by atoms with Crippen molar-refractivity contribution < 1.29 is 12.6 Å². The van der Waals surface area contributed by atoms with Crippen molar-refractivity contribution in [1.29, 1.82) is 0 Å². The minimum Gasteiger partial charge on any atom is -0.377 e. The van der Waals surface area contributed by atoms with Gasteiger partial charge in [0.2, 0.25) is 0 Å². The second-order valence-electron chi connectivity index (χ2n) is 5.26. The number of pyridine rings is 1. The molecule has 0 amide bonds. The van der Waals surface area contributed by atoms with Crippen molar-refractivity contribution in [2.24, 2.45) is 0 Å². The zero-order valence-corrected chi connectivity index (χ0v) is 13.6. The van der Waals surface area contributed by atoms with E-state index in [0.717, 1.165) is 23.8 Å². The van der Waals surface area contributed by atoms with Crippen molar-refractivity contribution >= 4 is 21.0 Å². The molecule has 0 saturated heterocycles. The number of nitrogens with zero attached hydrogens (tertiary/aromatic N) is 1. The third-order valence-corrected chi connectivity index (χ3v) is 4.79. The molecule has 0 spiro atoms. The molecule has 0 aliphatic carbocycles. The van der Waals surface area contributed by atoms with Gasteiger partial charge >= 0.3 is 10.1 Å². The molecule has 0 aliphatic heterocycles. The van der Waals surface area contributed by atoms with Crippen molar-refractivity contribution in [3.05, 3.63) is 66.4 Å². The van der Waals surface area contributed by atoms with Crippen LogP contribution in [0.1, 0.15) is 18.9 Å². The largest absolute Gasteiger partial charge is 0.377 e. The Kier molecular flexibility index (Phi) is 4.30. The predicted octanol–water partition coefficient (Wildman–Crippen LogP) is 3.96. The maximum atomic E-state index is 12.5. The molecule has 1 aromatic heterocycles. The fraction of sp³-hybridized carbons (Fsp3) is 0.167. The molecule has 118 valence electrons.